The van der Waals surface area contributed by atoms with Gasteiger partial charge in [-0.05, 0) is 11.4 Å². The molecule has 0 aromatic carbocycles. The molecule has 3 heterocycles. The summed E-state index contributed by atoms with van der Waals surface area (Å²) in [5.41, 5.74) is 4.79. The number of β-amino-alcohol motifs (C(OH)–C–C–N with tert-alkyl or cyclic N) is 1. The number of nitrogens with zero attached hydrogens (tertiary/aromatic N) is 4. The number of fused-ring (bicyclic) bond motifs is 1. The van der Waals surface area contributed by atoms with Gasteiger partial charge in [0.2, 0.25) is 0 Å². The van der Waals surface area contributed by atoms with Gasteiger partial charge in [-0.15, -0.1) is 10.2 Å². The summed E-state index contributed by atoms with van der Waals surface area (Å²) in [6.45, 7) is 3.98. The van der Waals surface area contributed by atoms with Crippen molar-refractivity contribution in [2.75, 3.05) is 39.3 Å². The Morgan fingerprint density at radius 1 is 1.33 bits per heavy atom. The van der Waals surface area contributed by atoms with Gasteiger partial charge >= 0.3 is 0 Å². The van der Waals surface area contributed by atoms with Gasteiger partial charge in [0.25, 0.3) is 5.91 Å². The number of carbonyl (C=O) groups is 1. The highest BCUT2D eigenvalue weighted by Crippen LogP contribution is 2.24. The SMILES string of the molecule is O=C(NN1CCN(CCO)CC1)c1nnc2ccscc1-2. The Labute approximate surface area is 126 Å². The minimum Gasteiger partial charge on any atom is -0.395 e. The van der Waals surface area contributed by atoms with E-state index in [-0.39, 0.29) is 12.5 Å². The molecule has 0 aliphatic carbocycles. The average Bonchev–Trinajstić information content (AvgIpc) is 2.93. The molecular formula is C13H17N5O2S. The fraction of sp³-hybridized carbons (Fsp3) is 0.462. The summed E-state index contributed by atoms with van der Waals surface area (Å²) in [4.78, 5) is 14.5. The molecule has 1 fully saturated rings. The number of carbonyl (C=O) groups excluding carboxylic acids is 1. The van der Waals surface area contributed by atoms with E-state index in [0.29, 0.717) is 12.2 Å². The average molecular weight is 307 g/mol. The second-order valence-corrected chi connectivity index (χ2v) is 5.68. The van der Waals surface area contributed by atoms with Crippen LogP contribution in [0, 0.1) is 0 Å². The molecule has 0 saturated carbocycles. The molecule has 0 unspecified atom stereocenters. The van der Waals surface area contributed by atoms with Gasteiger partial charge in [0, 0.05) is 43.7 Å². The van der Waals surface area contributed by atoms with Crippen LogP contribution in [0.2, 0.25) is 0 Å². The summed E-state index contributed by atoms with van der Waals surface area (Å²) in [6.07, 6.45) is 0. The van der Waals surface area contributed by atoms with Crippen LogP contribution in [-0.2, 0) is 0 Å². The standard InChI is InChI=1S/C13H17N5O2S/c19-7-6-17-2-4-18(5-3-17)16-13(20)12-10-9-21-8-1-11(10)14-15-12/h1,8-9,19H,2-7H2,(H,16,20). The number of piperazine rings is 1. The van der Waals surface area contributed by atoms with Crippen molar-refractivity contribution in [1.29, 1.82) is 0 Å². The Morgan fingerprint density at radius 3 is 2.90 bits per heavy atom. The van der Waals surface area contributed by atoms with Crippen molar-refractivity contribution in [2.24, 2.45) is 0 Å². The molecule has 7 nitrogen and oxygen atoms in total. The molecule has 3 rings (SSSR count). The van der Waals surface area contributed by atoms with Crippen molar-refractivity contribution in [2.45, 2.75) is 0 Å². The maximum absolute atomic E-state index is 12.3. The number of rotatable bonds is 4. The highest BCUT2D eigenvalue weighted by molar-refractivity contribution is 7.07. The Morgan fingerprint density at radius 2 is 2.14 bits per heavy atom. The van der Waals surface area contributed by atoms with Crippen molar-refractivity contribution in [3.8, 4) is 11.3 Å². The van der Waals surface area contributed by atoms with Crippen LogP contribution in [0.25, 0.3) is 11.3 Å². The van der Waals surface area contributed by atoms with Crippen molar-refractivity contribution in [3.05, 3.63) is 22.5 Å². The van der Waals surface area contributed by atoms with Crippen LogP contribution in [0.5, 0.6) is 0 Å². The Bertz CT molecular complexity index is 582. The third kappa shape index (κ3) is 3.18. The van der Waals surface area contributed by atoms with Crippen molar-refractivity contribution >= 4 is 17.2 Å². The highest BCUT2D eigenvalue weighted by Gasteiger charge is 2.23. The maximum atomic E-state index is 12.3. The van der Waals surface area contributed by atoms with Crippen molar-refractivity contribution in [3.63, 3.8) is 0 Å². The molecule has 0 radical (unpaired) electrons. The van der Waals surface area contributed by atoms with Crippen LogP contribution in [0.15, 0.2) is 16.8 Å². The second-order valence-electron chi connectivity index (χ2n) is 4.90. The van der Waals surface area contributed by atoms with Gasteiger partial charge in [-0.2, -0.15) is 11.3 Å². The minimum absolute atomic E-state index is 0.169. The molecule has 1 amide bonds. The minimum atomic E-state index is -0.216. The predicted molar refractivity (Wildman–Crippen MR) is 79.1 cm³/mol. The van der Waals surface area contributed by atoms with Gasteiger partial charge in [-0.25, -0.2) is 5.01 Å². The van der Waals surface area contributed by atoms with E-state index in [9.17, 15) is 4.79 Å². The molecule has 112 valence electrons. The van der Waals surface area contributed by atoms with E-state index in [1.165, 1.54) is 11.3 Å². The largest absolute Gasteiger partial charge is 0.395 e. The molecule has 21 heavy (non-hydrogen) atoms. The predicted octanol–water partition coefficient (Wildman–Crippen LogP) is -0.102. The Hall–Kier alpha value is -1.61. The van der Waals surface area contributed by atoms with Gasteiger partial charge < -0.3 is 5.11 Å². The number of aliphatic hydroxyl groups excluding tert-OH is 1. The fourth-order valence-electron chi connectivity index (χ4n) is 2.37. The molecule has 0 atom stereocenters. The van der Waals surface area contributed by atoms with Gasteiger partial charge in [0.1, 0.15) is 0 Å². The number of hydrazine groups is 1. The summed E-state index contributed by atoms with van der Waals surface area (Å²) in [7, 11) is 0. The molecule has 1 saturated heterocycles. The van der Waals surface area contributed by atoms with Crippen molar-refractivity contribution < 1.29 is 9.90 Å². The quantitative estimate of drug-likeness (QED) is 0.821. The lowest BCUT2D eigenvalue weighted by Gasteiger charge is -2.34. The molecule has 0 bridgehead atoms. The smallest absolute Gasteiger partial charge is 0.286 e. The monoisotopic (exact) mass is 307 g/mol. The van der Waals surface area contributed by atoms with E-state index in [4.69, 9.17) is 5.11 Å². The second kappa shape index (κ2) is 6.44. The Kier molecular flexibility index (Phi) is 4.39. The number of aliphatic hydroxyl groups is 1. The maximum Gasteiger partial charge on any atom is 0.286 e. The molecule has 8 heteroatoms. The van der Waals surface area contributed by atoms with E-state index < -0.39 is 0 Å². The van der Waals surface area contributed by atoms with E-state index in [1.54, 1.807) is 0 Å². The van der Waals surface area contributed by atoms with Gasteiger partial charge in [0.15, 0.2) is 5.69 Å². The molecular weight excluding hydrogens is 290 g/mol. The first-order chi connectivity index (χ1) is 10.3. The van der Waals surface area contributed by atoms with E-state index in [2.05, 4.69) is 20.5 Å². The summed E-state index contributed by atoms with van der Waals surface area (Å²) in [5, 5.41) is 22.6. The lowest BCUT2D eigenvalue weighted by atomic mass is 10.2. The van der Waals surface area contributed by atoms with Gasteiger partial charge in [-0.3, -0.25) is 15.1 Å². The summed E-state index contributed by atoms with van der Waals surface area (Å²) >= 11 is 1.52. The number of amides is 1. The van der Waals surface area contributed by atoms with E-state index in [0.717, 1.165) is 37.4 Å². The van der Waals surface area contributed by atoms with Crippen LogP contribution in [0.1, 0.15) is 10.5 Å². The molecule has 2 N–H and O–H groups in total. The molecule has 0 spiro atoms. The first-order valence-corrected chi connectivity index (χ1v) is 7.80. The summed E-state index contributed by atoms with van der Waals surface area (Å²) < 4.78 is 0. The van der Waals surface area contributed by atoms with E-state index in [1.807, 2.05) is 21.8 Å². The first-order valence-electron chi connectivity index (χ1n) is 6.85. The molecule has 0 aromatic heterocycles. The lowest BCUT2D eigenvalue weighted by Crippen LogP contribution is -2.54. The van der Waals surface area contributed by atoms with Crippen LogP contribution in [0.3, 0.4) is 0 Å². The number of hydrogen-bond acceptors (Lipinski definition) is 7. The zero-order valence-electron chi connectivity index (χ0n) is 11.5. The van der Waals surface area contributed by atoms with Gasteiger partial charge in [0.05, 0.1) is 12.3 Å². The third-order valence-electron chi connectivity index (χ3n) is 3.54. The third-order valence-corrected chi connectivity index (χ3v) is 4.21. The normalized spacial score (nSPS) is 17.2. The number of nitrogens with one attached hydrogen (secondary N) is 1. The van der Waals surface area contributed by atoms with E-state index >= 15 is 0 Å². The summed E-state index contributed by atoms with van der Waals surface area (Å²) in [5.74, 6) is -0.216. The fourth-order valence-corrected chi connectivity index (χ4v) is 3.03. The molecule has 0 aromatic rings. The topological polar surface area (TPSA) is 81.6 Å². The van der Waals surface area contributed by atoms with Crippen LogP contribution >= 0.6 is 11.3 Å². The Balaban J connectivity index is 1.60. The number of hydrogen-bond donors (Lipinski definition) is 2. The summed E-state index contributed by atoms with van der Waals surface area (Å²) in [6, 6.07) is 1.86. The lowest BCUT2D eigenvalue weighted by molar-refractivity contribution is 0.0577. The van der Waals surface area contributed by atoms with Gasteiger partial charge in [-0.1, -0.05) is 0 Å². The van der Waals surface area contributed by atoms with Crippen LogP contribution in [-0.4, -0.2) is 70.5 Å². The van der Waals surface area contributed by atoms with Crippen LogP contribution < -0.4 is 5.43 Å². The first kappa shape index (κ1) is 14.3. The van der Waals surface area contributed by atoms with Crippen molar-refractivity contribution in [1.82, 2.24) is 25.5 Å². The zero-order chi connectivity index (χ0) is 14.7. The van der Waals surface area contributed by atoms with Crippen LogP contribution in [0.4, 0.5) is 0 Å². The zero-order valence-corrected chi connectivity index (χ0v) is 12.3. The molecule has 3 aliphatic heterocycles. The number of aromatic nitrogens is 2. The highest BCUT2D eigenvalue weighted by atomic mass is 32.1. The molecule has 3 aliphatic rings.